The first kappa shape index (κ1) is 15.5. The zero-order valence-corrected chi connectivity index (χ0v) is 13.7. The molecule has 0 saturated heterocycles. The summed E-state index contributed by atoms with van der Waals surface area (Å²) in [6.07, 6.45) is 9.63. The van der Waals surface area contributed by atoms with Crippen molar-refractivity contribution in [1.82, 2.24) is 5.32 Å². The van der Waals surface area contributed by atoms with E-state index in [9.17, 15) is 4.79 Å². The number of ketones is 1. The lowest BCUT2D eigenvalue weighted by atomic mass is 9.97. The van der Waals surface area contributed by atoms with Crippen molar-refractivity contribution in [2.45, 2.75) is 70.4 Å². The summed E-state index contributed by atoms with van der Waals surface area (Å²) >= 11 is 0. The molecule has 1 unspecified atom stereocenters. The average Bonchev–Trinajstić information content (AvgIpc) is 2.86. The molecule has 1 aromatic carbocycles. The third-order valence-electron chi connectivity index (χ3n) is 5.12. The highest BCUT2D eigenvalue weighted by Crippen LogP contribution is 2.24. The molecular weight excluding hydrogens is 272 g/mol. The number of carbonyl (C=O) groups is 1. The SMILES string of the molecule is CCC(NC1CCCCCC1)C(=O)c1ccc2c(c1)CCN2. The van der Waals surface area contributed by atoms with Gasteiger partial charge in [-0.15, -0.1) is 0 Å². The van der Waals surface area contributed by atoms with Crippen LogP contribution in [0.3, 0.4) is 0 Å². The van der Waals surface area contributed by atoms with Gasteiger partial charge in [0.2, 0.25) is 0 Å². The smallest absolute Gasteiger partial charge is 0.179 e. The van der Waals surface area contributed by atoms with E-state index >= 15 is 0 Å². The van der Waals surface area contributed by atoms with Gasteiger partial charge in [0, 0.05) is 23.8 Å². The van der Waals surface area contributed by atoms with Crippen LogP contribution in [0.15, 0.2) is 18.2 Å². The monoisotopic (exact) mass is 300 g/mol. The Morgan fingerprint density at radius 3 is 2.77 bits per heavy atom. The Morgan fingerprint density at radius 1 is 1.27 bits per heavy atom. The van der Waals surface area contributed by atoms with E-state index in [-0.39, 0.29) is 11.8 Å². The molecular formula is C19H28N2O. The van der Waals surface area contributed by atoms with E-state index in [1.54, 1.807) is 0 Å². The van der Waals surface area contributed by atoms with Crippen LogP contribution in [0, 0.1) is 0 Å². The van der Waals surface area contributed by atoms with Crippen LogP contribution in [-0.4, -0.2) is 24.4 Å². The second-order valence-electron chi connectivity index (χ2n) is 6.73. The fraction of sp³-hybridized carbons (Fsp3) is 0.632. The van der Waals surface area contributed by atoms with Gasteiger partial charge >= 0.3 is 0 Å². The molecule has 1 aromatic rings. The van der Waals surface area contributed by atoms with E-state index < -0.39 is 0 Å². The van der Waals surface area contributed by atoms with E-state index in [4.69, 9.17) is 0 Å². The Balaban J connectivity index is 1.68. The number of hydrogen-bond acceptors (Lipinski definition) is 3. The van der Waals surface area contributed by atoms with Crippen molar-refractivity contribution in [1.29, 1.82) is 0 Å². The molecule has 3 nitrogen and oxygen atoms in total. The summed E-state index contributed by atoms with van der Waals surface area (Å²) < 4.78 is 0. The van der Waals surface area contributed by atoms with Gasteiger partial charge < -0.3 is 10.6 Å². The predicted molar refractivity (Wildman–Crippen MR) is 91.7 cm³/mol. The minimum atomic E-state index is -0.0319. The van der Waals surface area contributed by atoms with Crippen LogP contribution in [0.1, 0.15) is 67.8 Å². The van der Waals surface area contributed by atoms with Crippen molar-refractivity contribution in [2.24, 2.45) is 0 Å². The summed E-state index contributed by atoms with van der Waals surface area (Å²) in [6.45, 7) is 3.10. The maximum Gasteiger partial charge on any atom is 0.179 e. The Labute approximate surface area is 133 Å². The zero-order chi connectivity index (χ0) is 15.4. The summed E-state index contributed by atoms with van der Waals surface area (Å²) in [7, 11) is 0. The van der Waals surface area contributed by atoms with Gasteiger partial charge in [0.1, 0.15) is 0 Å². The quantitative estimate of drug-likeness (QED) is 0.639. The van der Waals surface area contributed by atoms with Crippen LogP contribution in [0.4, 0.5) is 5.69 Å². The molecule has 1 aliphatic heterocycles. The van der Waals surface area contributed by atoms with Gasteiger partial charge in [0.15, 0.2) is 5.78 Å². The molecule has 1 fully saturated rings. The molecule has 0 bridgehead atoms. The number of anilines is 1. The van der Waals surface area contributed by atoms with Crippen molar-refractivity contribution in [2.75, 3.05) is 11.9 Å². The molecule has 2 N–H and O–H groups in total. The van der Waals surface area contributed by atoms with Crippen molar-refractivity contribution in [3.8, 4) is 0 Å². The van der Waals surface area contributed by atoms with Gasteiger partial charge in [-0.3, -0.25) is 4.79 Å². The summed E-state index contributed by atoms with van der Waals surface area (Å²) in [4.78, 5) is 12.9. The van der Waals surface area contributed by atoms with E-state index in [2.05, 4.69) is 29.7 Å². The van der Waals surface area contributed by atoms with Gasteiger partial charge in [-0.1, -0.05) is 32.6 Å². The standard InChI is InChI=1S/C19H28N2O/c1-2-17(21-16-7-5-3-4-6-8-16)19(22)15-9-10-18-14(13-15)11-12-20-18/h9-10,13,16-17,20-21H,2-8,11-12H2,1H3. The maximum absolute atomic E-state index is 12.9. The highest BCUT2D eigenvalue weighted by Gasteiger charge is 2.23. The van der Waals surface area contributed by atoms with Crippen LogP contribution < -0.4 is 10.6 Å². The Bertz CT molecular complexity index is 518. The number of carbonyl (C=O) groups excluding carboxylic acids is 1. The van der Waals surface area contributed by atoms with Crippen LogP contribution in [-0.2, 0) is 6.42 Å². The van der Waals surface area contributed by atoms with Crippen LogP contribution in [0.2, 0.25) is 0 Å². The lowest BCUT2D eigenvalue weighted by molar-refractivity contribution is 0.0931. The van der Waals surface area contributed by atoms with E-state index in [1.807, 2.05) is 6.07 Å². The molecule has 2 aliphatic rings. The number of hydrogen-bond donors (Lipinski definition) is 2. The number of fused-ring (bicyclic) bond motifs is 1. The predicted octanol–water partition coefficient (Wildman–Crippen LogP) is 3.93. The Kier molecular flexibility index (Phi) is 5.14. The van der Waals surface area contributed by atoms with Gasteiger partial charge in [0.25, 0.3) is 0 Å². The Morgan fingerprint density at radius 2 is 2.05 bits per heavy atom. The minimum Gasteiger partial charge on any atom is -0.384 e. The van der Waals surface area contributed by atoms with E-state index in [1.165, 1.54) is 49.8 Å². The largest absolute Gasteiger partial charge is 0.384 e. The molecule has 0 spiro atoms. The van der Waals surface area contributed by atoms with Crippen LogP contribution in [0.5, 0.6) is 0 Å². The van der Waals surface area contributed by atoms with Crippen molar-refractivity contribution in [3.05, 3.63) is 29.3 Å². The third-order valence-corrected chi connectivity index (χ3v) is 5.12. The van der Waals surface area contributed by atoms with Gasteiger partial charge in [-0.2, -0.15) is 0 Å². The highest BCUT2D eigenvalue weighted by atomic mass is 16.1. The lowest BCUT2D eigenvalue weighted by Crippen LogP contribution is -2.42. The average molecular weight is 300 g/mol. The fourth-order valence-electron chi connectivity index (χ4n) is 3.77. The third kappa shape index (κ3) is 3.52. The van der Waals surface area contributed by atoms with Gasteiger partial charge in [-0.25, -0.2) is 0 Å². The molecule has 1 heterocycles. The van der Waals surface area contributed by atoms with Gasteiger partial charge in [0.05, 0.1) is 6.04 Å². The van der Waals surface area contributed by atoms with E-state index in [0.29, 0.717) is 6.04 Å². The molecule has 0 radical (unpaired) electrons. The molecule has 22 heavy (non-hydrogen) atoms. The normalized spacial score (nSPS) is 20.0. The number of nitrogens with one attached hydrogen (secondary N) is 2. The first-order valence-corrected chi connectivity index (χ1v) is 8.95. The van der Waals surface area contributed by atoms with Crippen molar-refractivity contribution >= 4 is 11.5 Å². The van der Waals surface area contributed by atoms with Crippen molar-refractivity contribution in [3.63, 3.8) is 0 Å². The molecule has 1 atom stereocenters. The van der Waals surface area contributed by atoms with Gasteiger partial charge in [-0.05, 0) is 49.4 Å². The summed E-state index contributed by atoms with van der Waals surface area (Å²) in [6, 6.07) is 6.63. The molecule has 0 amide bonds. The lowest BCUT2D eigenvalue weighted by Gasteiger charge is -2.23. The molecule has 1 saturated carbocycles. The fourth-order valence-corrected chi connectivity index (χ4v) is 3.77. The topological polar surface area (TPSA) is 41.1 Å². The molecule has 0 aromatic heterocycles. The van der Waals surface area contributed by atoms with E-state index in [0.717, 1.165) is 24.9 Å². The molecule has 3 heteroatoms. The molecule has 120 valence electrons. The van der Waals surface area contributed by atoms with Crippen LogP contribution in [0.25, 0.3) is 0 Å². The number of rotatable bonds is 5. The van der Waals surface area contributed by atoms with Crippen molar-refractivity contribution < 1.29 is 4.79 Å². The Hall–Kier alpha value is -1.35. The number of Topliss-reactive ketones (excluding diaryl/α,β-unsaturated/α-hetero) is 1. The summed E-state index contributed by atoms with van der Waals surface area (Å²) in [5.74, 6) is 0.265. The number of benzene rings is 1. The summed E-state index contributed by atoms with van der Waals surface area (Å²) in [5.41, 5.74) is 3.35. The molecule has 1 aliphatic carbocycles. The highest BCUT2D eigenvalue weighted by molar-refractivity contribution is 6.00. The first-order chi connectivity index (χ1) is 10.8. The zero-order valence-electron chi connectivity index (χ0n) is 13.7. The molecule has 3 rings (SSSR count). The summed E-state index contributed by atoms with van der Waals surface area (Å²) in [5, 5.41) is 7.00. The van der Waals surface area contributed by atoms with Crippen LogP contribution >= 0.6 is 0 Å². The second kappa shape index (κ2) is 7.28. The maximum atomic E-state index is 12.9. The second-order valence-corrected chi connectivity index (χ2v) is 6.73. The minimum absolute atomic E-state index is 0.0319. The first-order valence-electron chi connectivity index (χ1n) is 8.95.